The van der Waals surface area contributed by atoms with Gasteiger partial charge in [-0.15, -0.1) is 10.2 Å². The number of thioether (sulfide) groups is 1. The van der Waals surface area contributed by atoms with Gasteiger partial charge in [0.1, 0.15) is 5.92 Å². The van der Waals surface area contributed by atoms with Crippen molar-refractivity contribution in [2.24, 2.45) is 11.8 Å². The third-order valence-corrected chi connectivity index (χ3v) is 7.18. The van der Waals surface area contributed by atoms with Crippen molar-refractivity contribution in [1.29, 1.82) is 0 Å². The summed E-state index contributed by atoms with van der Waals surface area (Å²) in [7, 11) is 3.98. The summed E-state index contributed by atoms with van der Waals surface area (Å²) in [6.07, 6.45) is 2.57. The molecule has 3 rings (SSSR count). The van der Waals surface area contributed by atoms with Gasteiger partial charge < -0.3 is 14.6 Å². The number of amides is 3. The Bertz CT molecular complexity index is 1080. The van der Waals surface area contributed by atoms with Crippen molar-refractivity contribution in [3.8, 4) is 0 Å². The zero-order chi connectivity index (χ0) is 27.1. The van der Waals surface area contributed by atoms with Crippen molar-refractivity contribution in [2.75, 3.05) is 14.1 Å². The summed E-state index contributed by atoms with van der Waals surface area (Å²) in [6, 6.07) is 7.64. The molecule has 9 nitrogen and oxygen atoms in total. The molecular formula is C27H39N5O4S. The van der Waals surface area contributed by atoms with Crippen molar-refractivity contribution in [2.45, 2.75) is 82.4 Å². The lowest BCUT2D eigenvalue weighted by Gasteiger charge is -2.28. The minimum Gasteiger partial charge on any atom is -0.415 e. The van der Waals surface area contributed by atoms with E-state index in [1.165, 1.54) is 11.8 Å². The summed E-state index contributed by atoms with van der Waals surface area (Å²) >= 11 is 1.43. The average Bonchev–Trinajstić information content (AvgIpc) is 3.25. The topological polar surface area (TPSA) is 117 Å². The second-order valence-electron chi connectivity index (χ2n) is 10.6. The van der Waals surface area contributed by atoms with Gasteiger partial charge in [-0.05, 0) is 63.4 Å². The average molecular weight is 530 g/mol. The van der Waals surface area contributed by atoms with Crippen LogP contribution in [-0.2, 0) is 16.1 Å². The SMILES string of the molecule is CC(C)Sc1nnc([C@@H](C(=O)NC(=O)C2CCC(NC(=O)c3cccc(CN(C)C)c3)CC2)C(C)C)o1. The molecule has 202 valence electrons. The van der Waals surface area contributed by atoms with Gasteiger partial charge in [0.15, 0.2) is 0 Å². The zero-order valence-electron chi connectivity index (χ0n) is 22.6. The zero-order valence-corrected chi connectivity index (χ0v) is 23.4. The second kappa shape index (κ2) is 13.2. The van der Waals surface area contributed by atoms with Gasteiger partial charge in [-0.3, -0.25) is 19.7 Å². The van der Waals surface area contributed by atoms with Gasteiger partial charge in [0, 0.05) is 29.3 Å². The van der Waals surface area contributed by atoms with Crippen LogP contribution in [0.25, 0.3) is 0 Å². The van der Waals surface area contributed by atoms with E-state index in [9.17, 15) is 14.4 Å². The maximum absolute atomic E-state index is 13.0. The van der Waals surface area contributed by atoms with Gasteiger partial charge >= 0.3 is 0 Å². The maximum atomic E-state index is 13.0. The van der Waals surface area contributed by atoms with Crippen molar-refractivity contribution < 1.29 is 18.8 Å². The summed E-state index contributed by atoms with van der Waals surface area (Å²) in [4.78, 5) is 40.7. The van der Waals surface area contributed by atoms with Crippen LogP contribution in [0.5, 0.6) is 0 Å². The lowest BCUT2D eigenvalue weighted by molar-refractivity contribution is -0.134. The number of nitrogens with one attached hydrogen (secondary N) is 2. The molecule has 1 aromatic heterocycles. The minimum absolute atomic E-state index is 0.00319. The highest BCUT2D eigenvalue weighted by molar-refractivity contribution is 7.99. The molecular weight excluding hydrogens is 490 g/mol. The van der Waals surface area contributed by atoms with Gasteiger partial charge in [0.05, 0.1) is 0 Å². The van der Waals surface area contributed by atoms with Crippen molar-refractivity contribution >= 4 is 29.5 Å². The minimum atomic E-state index is -0.697. The monoisotopic (exact) mass is 529 g/mol. The molecule has 0 bridgehead atoms. The molecule has 2 aromatic rings. The van der Waals surface area contributed by atoms with Gasteiger partial charge in [0.2, 0.25) is 17.7 Å². The molecule has 0 unspecified atom stereocenters. The molecule has 0 saturated heterocycles. The normalized spacial score (nSPS) is 18.7. The van der Waals surface area contributed by atoms with Crippen LogP contribution in [0.2, 0.25) is 0 Å². The van der Waals surface area contributed by atoms with E-state index >= 15 is 0 Å². The summed E-state index contributed by atoms with van der Waals surface area (Å²) in [6.45, 7) is 8.58. The number of carbonyl (C=O) groups excluding carboxylic acids is 3. The second-order valence-corrected chi connectivity index (χ2v) is 12.1. The van der Waals surface area contributed by atoms with Gasteiger partial charge in [-0.1, -0.05) is 51.6 Å². The molecule has 1 saturated carbocycles. The van der Waals surface area contributed by atoms with Crippen LogP contribution in [0, 0.1) is 11.8 Å². The Labute approximate surface area is 223 Å². The molecule has 0 radical (unpaired) electrons. The molecule has 0 spiro atoms. The van der Waals surface area contributed by atoms with E-state index in [-0.39, 0.29) is 40.8 Å². The number of hydrogen-bond donors (Lipinski definition) is 2. The Morgan fingerprint density at radius 3 is 2.41 bits per heavy atom. The number of benzene rings is 1. The summed E-state index contributed by atoms with van der Waals surface area (Å²) in [5, 5.41) is 14.5. The van der Waals surface area contributed by atoms with Crippen LogP contribution in [-0.4, -0.2) is 58.2 Å². The standard InChI is InChI=1S/C27H39N5O4S/c1-16(2)22(26-30-31-27(36-26)37-17(3)4)25(35)29-23(33)19-10-12-21(13-11-19)28-24(34)20-9-7-8-18(14-20)15-32(5)6/h7-9,14,16-17,19,21-22H,10-13,15H2,1-6H3,(H,28,34)(H,29,33,35)/t19?,21?,22-/m1/s1. The Kier molecular flexibility index (Phi) is 10.3. The third kappa shape index (κ3) is 8.39. The molecule has 1 aromatic carbocycles. The van der Waals surface area contributed by atoms with Gasteiger partial charge in [-0.2, -0.15) is 0 Å². The first-order chi connectivity index (χ1) is 17.5. The van der Waals surface area contributed by atoms with Crippen LogP contribution in [0.3, 0.4) is 0 Å². The molecule has 2 N–H and O–H groups in total. The quantitative estimate of drug-likeness (QED) is 0.444. The van der Waals surface area contributed by atoms with E-state index in [0.29, 0.717) is 36.5 Å². The first-order valence-electron chi connectivity index (χ1n) is 12.9. The Morgan fingerprint density at radius 2 is 1.78 bits per heavy atom. The van der Waals surface area contributed by atoms with Crippen molar-refractivity contribution in [3.63, 3.8) is 0 Å². The van der Waals surface area contributed by atoms with E-state index in [0.717, 1.165) is 12.1 Å². The lowest BCUT2D eigenvalue weighted by Crippen LogP contribution is -2.43. The summed E-state index contributed by atoms with van der Waals surface area (Å²) in [5.74, 6) is -1.67. The number of rotatable bonds is 10. The van der Waals surface area contributed by atoms with Crippen LogP contribution in [0.4, 0.5) is 0 Å². The van der Waals surface area contributed by atoms with E-state index in [2.05, 4.69) is 25.7 Å². The van der Waals surface area contributed by atoms with Gasteiger partial charge in [-0.25, -0.2) is 0 Å². The number of imide groups is 1. The predicted octanol–water partition coefficient (Wildman–Crippen LogP) is 4.00. The largest absolute Gasteiger partial charge is 0.415 e. The number of hydrogen-bond acceptors (Lipinski definition) is 8. The van der Waals surface area contributed by atoms with Gasteiger partial charge in [0.25, 0.3) is 11.1 Å². The van der Waals surface area contributed by atoms with Crippen LogP contribution in [0.1, 0.15) is 81.1 Å². The maximum Gasteiger partial charge on any atom is 0.276 e. The molecule has 37 heavy (non-hydrogen) atoms. The Balaban J connectivity index is 1.51. The molecule has 0 aliphatic heterocycles. The molecule has 3 amide bonds. The lowest BCUT2D eigenvalue weighted by atomic mass is 9.85. The molecule has 10 heteroatoms. The Hall–Kier alpha value is -2.72. The number of carbonyl (C=O) groups is 3. The first-order valence-corrected chi connectivity index (χ1v) is 13.8. The fourth-order valence-electron chi connectivity index (χ4n) is 4.54. The van der Waals surface area contributed by atoms with E-state index in [4.69, 9.17) is 4.42 Å². The molecule has 1 fully saturated rings. The van der Waals surface area contributed by atoms with Crippen molar-refractivity contribution in [3.05, 3.63) is 41.3 Å². The highest BCUT2D eigenvalue weighted by Crippen LogP contribution is 2.29. The van der Waals surface area contributed by atoms with Crippen LogP contribution < -0.4 is 10.6 Å². The number of nitrogens with zero attached hydrogens (tertiary/aromatic N) is 3. The van der Waals surface area contributed by atoms with Crippen molar-refractivity contribution in [1.82, 2.24) is 25.7 Å². The van der Waals surface area contributed by atoms with Crippen LogP contribution in [0.15, 0.2) is 33.9 Å². The van der Waals surface area contributed by atoms with E-state index in [1.807, 2.05) is 66.1 Å². The first kappa shape index (κ1) is 28.8. The smallest absolute Gasteiger partial charge is 0.276 e. The molecule has 1 aliphatic carbocycles. The number of aromatic nitrogens is 2. The molecule has 1 atom stereocenters. The third-order valence-electron chi connectivity index (χ3n) is 6.34. The Morgan fingerprint density at radius 1 is 1.08 bits per heavy atom. The molecule has 1 aliphatic rings. The predicted molar refractivity (Wildman–Crippen MR) is 143 cm³/mol. The molecule has 1 heterocycles. The van der Waals surface area contributed by atoms with E-state index in [1.54, 1.807) is 0 Å². The van der Waals surface area contributed by atoms with E-state index < -0.39 is 11.8 Å². The summed E-state index contributed by atoms with van der Waals surface area (Å²) < 4.78 is 5.71. The van der Waals surface area contributed by atoms with Crippen LogP contribution >= 0.6 is 11.8 Å². The summed E-state index contributed by atoms with van der Waals surface area (Å²) in [5.41, 5.74) is 1.72. The fourth-order valence-corrected chi connectivity index (χ4v) is 5.17. The fraction of sp³-hybridized carbons (Fsp3) is 0.593. The highest BCUT2D eigenvalue weighted by Gasteiger charge is 2.34. The highest BCUT2D eigenvalue weighted by atomic mass is 32.2.